The summed E-state index contributed by atoms with van der Waals surface area (Å²) in [5, 5.41) is 2.01. The number of rotatable bonds is 5. The first-order valence-electron chi connectivity index (χ1n) is 7.28. The summed E-state index contributed by atoms with van der Waals surface area (Å²) in [6.07, 6.45) is -3.81. The summed E-state index contributed by atoms with van der Waals surface area (Å²) in [4.78, 5) is 12.2. The zero-order chi connectivity index (χ0) is 20.4. The van der Waals surface area contributed by atoms with Gasteiger partial charge in [-0.25, -0.2) is 12.8 Å². The Hall–Kier alpha value is -2.33. The molecular formula is C16H13ClF4N2O3S. The Morgan fingerprint density at radius 1 is 1.15 bits per heavy atom. The number of nitrogens with one attached hydrogen (secondary N) is 1. The summed E-state index contributed by atoms with van der Waals surface area (Å²) >= 11 is 5.80. The highest BCUT2D eigenvalue weighted by atomic mass is 35.5. The van der Waals surface area contributed by atoms with Gasteiger partial charge in [0.25, 0.3) is 0 Å². The monoisotopic (exact) mass is 424 g/mol. The molecule has 0 radical (unpaired) electrons. The van der Waals surface area contributed by atoms with Crippen molar-refractivity contribution in [2.75, 3.05) is 22.4 Å². The van der Waals surface area contributed by atoms with Gasteiger partial charge in [0.05, 0.1) is 28.2 Å². The summed E-state index contributed by atoms with van der Waals surface area (Å²) < 4.78 is 75.9. The Kier molecular flexibility index (Phi) is 6.01. The van der Waals surface area contributed by atoms with Crippen LogP contribution in [-0.4, -0.2) is 27.1 Å². The number of nitrogens with zero attached hydrogens (tertiary/aromatic N) is 1. The van der Waals surface area contributed by atoms with Gasteiger partial charge in [0.1, 0.15) is 12.4 Å². The summed E-state index contributed by atoms with van der Waals surface area (Å²) in [5.74, 6) is -1.53. The predicted molar refractivity (Wildman–Crippen MR) is 93.7 cm³/mol. The summed E-state index contributed by atoms with van der Waals surface area (Å²) in [7, 11) is -3.92. The molecule has 0 aliphatic carbocycles. The largest absolute Gasteiger partial charge is 0.416 e. The number of hydrogen-bond donors (Lipinski definition) is 1. The first-order valence-corrected chi connectivity index (χ1v) is 9.50. The third-order valence-electron chi connectivity index (χ3n) is 3.37. The van der Waals surface area contributed by atoms with Crippen LogP contribution < -0.4 is 9.62 Å². The second-order valence-electron chi connectivity index (χ2n) is 5.49. The van der Waals surface area contributed by atoms with Gasteiger partial charge in [-0.2, -0.15) is 13.2 Å². The van der Waals surface area contributed by atoms with Crippen molar-refractivity contribution in [2.45, 2.75) is 6.18 Å². The van der Waals surface area contributed by atoms with Crippen LogP contribution in [0.15, 0.2) is 42.5 Å². The van der Waals surface area contributed by atoms with E-state index in [4.69, 9.17) is 11.6 Å². The average Bonchev–Trinajstić information content (AvgIpc) is 2.53. The van der Waals surface area contributed by atoms with Crippen LogP contribution in [0.5, 0.6) is 0 Å². The van der Waals surface area contributed by atoms with Gasteiger partial charge in [0.2, 0.25) is 15.9 Å². The standard InChI is InChI=1S/C16H13ClF4N2O3S/c1-27(25,26)23(12-5-3-11(18)4-6-12)9-15(24)22-14-8-10(16(19,20)21)2-7-13(14)17/h2-8H,9H2,1H3,(H,22,24). The van der Waals surface area contributed by atoms with Gasteiger partial charge >= 0.3 is 6.18 Å². The Morgan fingerprint density at radius 3 is 2.26 bits per heavy atom. The molecule has 2 aromatic rings. The number of carbonyl (C=O) groups is 1. The number of amides is 1. The molecule has 0 atom stereocenters. The van der Waals surface area contributed by atoms with E-state index in [9.17, 15) is 30.8 Å². The Balaban J connectivity index is 2.25. The molecule has 0 spiro atoms. The molecule has 0 saturated heterocycles. The van der Waals surface area contributed by atoms with Crippen molar-refractivity contribution in [2.24, 2.45) is 0 Å². The number of halogens is 5. The molecule has 11 heteroatoms. The highest BCUT2D eigenvalue weighted by Gasteiger charge is 2.31. The van der Waals surface area contributed by atoms with E-state index in [1.54, 1.807) is 0 Å². The number of anilines is 2. The van der Waals surface area contributed by atoms with Crippen LogP contribution in [0, 0.1) is 5.82 Å². The zero-order valence-corrected chi connectivity index (χ0v) is 15.3. The van der Waals surface area contributed by atoms with Crippen LogP contribution in [0.25, 0.3) is 0 Å². The lowest BCUT2D eigenvalue weighted by molar-refractivity contribution is -0.137. The van der Waals surface area contributed by atoms with Crippen molar-refractivity contribution in [3.63, 3.8) is 0 Å². The number of carbonyl (C=O) groups excluding carboxylic acids is 1. The minimum atomic E-state index is -4.64. The van der Waals surface area contributed by atoms with E-state index >= 15 is 0 Å². The first-order chi connectivity index (χ1) is 12.4. The lowest BCUT2D eigenvalue weighted by atomic mass is 10.2. The third-order valence-corrected chi connectivity index (χ3v) is 4.84. The number of alkyl halides is 3. The SMILES string of the molecule is CS(=O)(=O)N(CC(=O)Nc1cc(C(F)(F)F)ccc1Cl)c1ccc(F)cc1. The van der Waals surface area contributed by atoms with Gasteiger partial charge in [0.15, 0.2) is 0 Å². The maximum atomic E-state index is 13.0. The van der Waals surface area contributed by atoms with Crippen molar-refractivity contribution in [3.05, 3.63) is 58.9 Å². The molecule has 0 heterocycles. The topological polar surface area (TPSA) is 66.5 Å². The van der Waals surface area contributed by atoms with Crippen molar-refractivity contribution >= 4 is 38.9 Å². The van der Waals surface area contributed by atoms with Crippen LogP contribution in [0.3, 0.4) is 0 Å². The normalized spacial score (nSPS) is 11.9. The number of hydrogen-bond acceptors (Lipinski definition) is 3. The zero-order valence-electron chi connectivity index (χ0n) is 13.7. The molecule has 0 aliphatic rings. The molecule has 0 fully saturated rings. The maximum absolute atomic E-state index is 13.0. The second-order valence-corrected chi connectivity index (χ2v) is 7.80. The Bertz CT molecular complexity index is 947. The summed E-state index contributed by atoms with van der Waals surface area (Å²) in [6, 6.07) is 6.68. The van der Waals surface area contributed by atoms with E-state index in [0.29, 0.717) is 10.4 Å². The molecule has 146 valence electrons. The van der Waals surface area contributed by atoms with Gasteiger partial charge < -0.3 is 5.32 Å². The average molecular weight is 425 g/mol. The molecule has 2 aromatic carbocycles. The second kappa shape index (κ2) is 7.73. The molecule has 1 amide bonds. The van der Waals surface area contributed by atoms with Crippen molar-refractivity contribution in [1.29, 1.82) is 0 Å². The predicted octanol–water partition coefficient (Wildman–Crippen LogP) is 3.90. The molecule has 1 N–H and O–H groups in total. The fraction of sp³-hybridized carbons (Fsp3) is 0.188. The highest BCUT2D eigenvalue weighted by Crippen LogP contribution is 2.33. The fourth-order valence-electron chi connectivity index (χ4n) is 2.12. The van der Waals surface area contributed by atoms with Crippen LogP contribution in [0.4, 0.5) is 28.9 Å². The molecule has 5 nitrogen and oxygen atoms in total. The van der Waals surface area contributed by atoms with E-state index in [-0.39, 0.29) is 16.4 Å². The van der Waals surface area contributed by atoms with Crippen LogP contribution in [0.1, 0.15) is 5.56 Å². The minimum absolute atomic E-state index is 0.0178. The first kappa shape index (κ1) is 21.0. The van der Waals surface area contributed by atoms with Crippen molar-refractivity contribution in [1.82, 2.24) is 0 Å². The highest BCUT2D eigenvalue weighted by molar-refractivity contribution is 7.92. The van der Waals surface area contributed by atoms with Gasteiger partial charge in [-0.15, -0.1) is 0 Å². The van der Waals surface area contributed by atoms with Crippen molar-refractivity contribution in [3.8, 4) is 0 Å². The van der Waals surface area contributed by atoms with Gasteiger partial charge in [0, 0.05) is 0 Å². The summed E-state index contributed by atoms with van der Waals surface area (Å²) in [6.45, 7) is -0.739. The maximum Gasteiger partial charge on any atom is 0.416 e. The molecule has 27 heavy (non-hydrogen) atoms. The number of sulfonamides is 1. The molecule has 0 aliphatic heterocycles. The lowest BCUT2D eigenvalue weighted by Gasteiger charge is -2.22. The lowest BCUT2D eigenvalue weighted by Crippen LogP contribution is -2.37. The molecule has 0 saturated carbocycles. The van der Waals surface area contributed by atoms with E-state index in [1.807, 2.05) is 0 Å². The van der Waals surface area contributed by atoms with Crippen molar-refractivity contribution < 1.29 is 30.8 Å². The van der Waals surface area contributed by atoms with E-state index in [0.717, 1.165) is 42.7 Å². The molecule has 0 unspecified atom stereocenters. The minimum Gasteiger partial charge on any atom is -0.323 e. The third kappa shape index (κ3) is 5.57. The Labute approximate surface area is 157 Å². The van der Waals surface area contributed by atoms with Gasteiger partial charge in [-0.05, 0) is 42.5 Å². The smallest absolute Gasteiger partial charge is 0.323 e. The molecule has 2 rings (SSSR count). The quantitative estimate of drug-likeness (QED) is 0.740. The van der Waals surface area contributed by atoms with E-state index in [1.165, 1.54) is 0 Å². The van der Waals surface area contributed by atoms with Gasteiger partial charge in [-0.3, -0.25) is 9.10 Å². The fourth-order valence-corrected chi connectivity index (χ4v) is 3.15. The van der Waals surface area contributed by atoms with Crippen LogP contribution in [-0.2, 0) is 21.0 Å². The summed E-state index contributed by atoms with van der Waals surface area (Å²) in [5.41, 5.74) is -1.33. The van der Waals surface area contributed by atoms with Crippen LogP contribution >= 0.6 is 11.6 Å². The number of benzene rings is 2. The molecule has 0 aromatic heterocycles. The Morgan fingerprint density at radius 2 is 1.74 bits per heavy atom. The molecule has 0 bridgehead atoms. The van der Waals surface area contributed by atoms with E-state index in [2.05, 4.69) is 5.32 Å². The van der Waals surface area contributed by atoms with E-state index < -0.39 is 40.0 Å². The van der Waals surface area contributed by atoms with Gasteiger partial charge in [-0.1, -0.05) is 11.6 Å². The van der Waals surface area contributed by atoms with Crippen LogP contribution in [0.2, 0.25) is 5.02 Å². The molecular weight excluding hydrogens is 412 g/mol.